The molecule has 0 radical (unpaired) electrons. The summed E-state index contributed by atoms with van der Waals surface area (Å²) >= 11 is 0. The molecule has 4 rings (SSSR count). The zero-order valence-electron chi connectivity index (χ0n) is 16.7. The SMILES string of the molecule is CCc1ccc2nc(C)cc(C(=O)NCc3c(C)ncc4c3CCNC4)c2c1. The second-order valence-electron chi connectivity index (χ2n) is 7.45. The van der Waals surface area contributed by atoms with Gasteiger partial charge in [0.2, 0.25) is 0 Å². The molecule has 3 heterocycles. The molecule has 0 fully saturated rings. The van der Waals surface area contributed by atoms with Gasteiger partial charge < -0.3 is 10.6 Å². The Balaban J connectivity index is 1.65. The zero-order chi connectivity index (χ0) is 19.7. The maximum absolute atomic E-state index is 13.1. The average molecular weight is 374 g/mol. The molecule has 2 N–H and O–H groups in total. The van der Waals surface area contributed by atoms with Crippen molar-refractivity contribution in [3.8, 4) is 0 Å². The molecular weight excluding hydrogens is 348 g/mol. The van der Waals surface area contributed by atoms with Gasteiger partial charge in [0.25, 0.3) is 5.91 Å². The van der Waals surface area contributed by atoms with E-state index in [4.69, 9.17) is 0 Å². The highest BCUT2D eigenvalue weighted by atomic mass is 16.1. The Morgan fingerprint density at radius 2 is 2.11 bits per heavy atom. The summed E-state index contributed by atoms with van der Waals surface area (Å²) in [5.74, 6) is -0.0605. The molecule has 0 atom stereocenters. The van der Waals surface area contributed by atoms with E-state index in [1.54, 1.807) is 0 Å². The predicted molar refractivity (Wildman–Crippen MR) is 111 cm³/mol. The number of aryl methyl sites for hydroxylation is 3. The molecule has 144 valence electrons. The monoisotopic (exact) mass is 374 g/mol. The summed E-state index contributed by atoms with van der Waals surface area (Å²) in [5.41, 5.74) is 8.31. The lowest BCUT2D eigenvalue weighted by molar-refractivity contribution is 0.0952. The molecule has 2 aromatic heterocycles. The summed E-state index contributed by atoms with van der Waals surface area (Å²) in [4.78, 5) is 22.2. The Kier molecular flexibility index (Phi) is 5.09. The standard InChI is InChI=1S/C23H26N4O/c1-4-16-5-6-22-19(10-16)20(9-14(2)27-22)23(28)26-13-21-15(3)25-12-17-11-24-8-7-18(17)21/h5-6,9-10,12,24H,4,7-8,11,13H2,1-3H3,(H,26,28). The van der Waals surface area contributed by atoms with Crippen LogP contribution >= 0.6 is 0 Å². The van der Waals surface area contributed by atoms with Crippen LogP contribution in [0.1, 0.15) is 50.9 Å². The molecule has 5 heteroatoms. The van der Waals surface area contributed by atoms with Crippen LogP contribution < -0.4 is 10.6 Å². The minimum Gasteiger partial charge on any atom is -0.348 e. The summed E-state index contributed by atoms with van der Waals surface area (Å²) in [5, 5.41) is 7.43. The largest absolute Gasteiger partial charge is 0.348 e. The fraction of sp³-hybridized carbons (Fsp3) is 0.348. The molecule has 5 nitrogen and oxygen atoms in total. The number of hydrogen-bond acceptors (Lipinski definition) is 4. The molecule has 0 bridgehead atoms. The van der Waals surface area contributed by atoms with Gasteiger partial charge in [0.05, 0.1) is 11.1 Å². The second-order valence-corrected chi connectivity index (χ2v) is 7.45. The molecule has 1 aliphatic heterocycles. The Hall–Kier alpha value is -2.79. The minimum atomic E-state index is -0.0605. The van der Waals surface area contributed by atoms with Crippen molar-refractivity contribution < 1.29 is 4.79 Å². The van der Waals surface area contributed by atoms with Crippen LogP contribution in [0.5, 0.6) is 0 Å². The fourth-order valence-electron chi connectivity index (χ4n) is 3.95. The van der Waals surface area contributed by atoms with Gasteiger partial charge in [-0.15, -0.1) is 0 Å². The van der Waals surface area contributed by atoms with Gasteiger partial charge in [0.15, 0.2) is 0 Å². The Morgan fingerprint density at radius 3 is 2.93 bits per heavy atom. The number of rotatable bonds is 4. The lowest BCUT2D eigenvalue weighted by Crippen LogP contribution is -2.29. The number of carbonyl (C=O) groups is 1. The predicted octanol–water partition coefficient (Wildman–Crippen LogP) is 3.38. The van der Waals surface area contributed by atoms with Gasteiger partial charge in [-0.2, -0.15) is 0 Å². The number of nitrogens with one attached hydrogen (secondary N) is 2. The Labute approximate surface area is 165 Å². The number of amides is 1. The van der Waals surface area contributed by atoms with Crippen LogP contribution in [0.4, 0.5) is 0 Å². The average Bonchev–Trinajstić information content (AvgIpc) is 2.71. The highest BCUT2D eigenvalue weighted by Gasteiger charge is 2.18. The molecule has 0 unspecified atom stereocenters. The van der Waals surface area contributed by atoms with E-state index < -0.39 is 0 Å². The van der Waals surface area contributed by atoms with Gasteiger partial charge in [0, 0.05) is 36.1 Å². The summed E-state index contributed by atoms with van der Waals surface area (Å²) in [6.45, 7) is 8.37. The van der Waals surface area contributed by atoms with Crippen molar-refractivity contribution in [1.82, 2.24) is 20.6 Å². The van der Waals surface area contributed by atoms with E-state index in [-0.39, 0.29) is 5.91 Å². The first-order valence-corrected chi connectivity index (χ1v) is 9.92. The van der Waals surface area contributed by atoms with Crippen LogP contribution in [0, 0.1) is 13.8 Å². The van der Waals surface area contributed by atoms with Gasteiger partial charge in [-0.3, -0.25) is 14.8 Å². The van der Waals surface area contributed by atoms with E-state index in [0.717, 1.165) is 53.8 Å². The number of pyridine rings is 2. The Morgan fingerprint density at radius 1 is 1.25 bits per heavy atom. The second kappa shape index (κ2) is 7.68. The number of benzene rings is 1. The van der Waals surface area contributed by atoms with Crippen molar-refractivity contribution >= 4 is 16.8 Å². The summed E-state index contributed by atoms with van der Waals surface area (Å²) in [6.07, 6.45) is 3.86. The number of hydrogen-bond donors (Lipinski definition) is 2. The van der Waals surface area contributed by atoms with Crippen LogP contribution in [0.25, 0.3) is 10.9 Å². The van der Waals surface area contributed by atoms with Gasteiger partial charge in [-0.1, -0.05) is 13.0 Å². The normalized spacial score (nSPS) is 13.4. The third-order valence-electron chi connectivity index (χ3n) is 5.55. The van der Waals surface area contributed by atoms with E-state index in [1.165, 1.54) is 16.7 Å². The molecule has 1 aliphatic rings. The molecule has 0 saturated heterocycles. The van der Waals surface area contributed by atoms with E-state index in [0.29, 0.717) is 12.1 Å². The maximum Gasteiger partial charge on any atom is 0.252 e. The molecule has 1 aromatic carbocycles. The molecular formula is C23H26N4O. The number of aromatic nitrogens is 2. The topological polar surface area (TPSA) is 66.9 Å². The molecule has 0 spiro atoms. The van der Waals surface area contributed by atoms with Gasteiger partial charge >= 0.3 is 0 Å². The van der Waals surface area contributed by atoms with Crippen molar-refractivity contribution in [2.24, 2.45) is 0 Å². The van der Waals surface area contributed by atoms with Crippen LogP contribution in [0.2, 0.25) is 0 Å². The highest BCUT2D eigenvalue weighted by molar-refractivity contribution is 6.06. The third kappa shape index (κ3) is 3.50. The maximum atomic E-state index is 13.1. The molecule has 3 aromatic rings. The lowest BCUT2D eigenvalue weighted by Gasteiger charge is -2.21. The van der Waals surface area contributed by atoms with Gasteiger partial charge in [0.1, 0.15) is 0 Å². The van der Waals surface area contributed by atoms with Crippen molar-refractivity contribution in [1.29, 1.82) is 0 Å². The lowest BCUT2D eigenvalue weighted by atomic mass is 9.96. The number of nitrogens with zero attached hydrogens (tertiary/aromatic N) is 2. The molecule has 1 amide bonds. The minimum absolute atomic E-state index is 0.0605. The molecule has 28 heavy (non-hydrogen) atoms. The zero-order valence-corrected chi connectivity index (χ0v) is 16.7. The van der Waals surface area contributed by atoms with Crippen LogP contribution in [-0.4, -0.2) is 22.4 Å². The first-order chi connectivity index (χ1) is 13.6. The fourth-order valence-corrected chi connectivity index (χ4v) is 3.95. The van der Waals surface area contributed by atoms with Crippen molar-refractivity contribution in [3.05, 3.63) is 69.7 Å². The van der Waals surface area contributed by atoms with E-state index in [2.05, 4.69) is 39.7 Å². The first kappa shape index (κ1) is 18.6. The summed E-state index contributed by atoms with van der Waals surface area (Å²) < 4.78 is 0. The van der Waals surface area contributed by atoms with E-state index in [1.807, 2.05) is 32.2 Å². The molecule has 0 saturated carbocycles. The van der Waals surface area contributed by atoms with E-state index >= 15 is 0 Å². The van der Waals surface area contributed by atoms with Crippen molar-refractivity contribution in [2.75, 3.05) is 6.54 Å². The smallest absolute Gasteiger partial charge is 0.252 e. The van der Waals surface area contributed by atoms with Crippen LogP contribution in [0.15, 0.2) is 30.5 Å². The number of carbonyl (C=O) groups excluding carboxylic acids is 1. The number of fused-ring (bicyclic) bond motifs is 2. The van der Waals surface area contributed by atoms with Crippen LogP contribution in [-0.2, 0) is 25.9 Å². The first-order valence-electron chi connectivity index (χ1n) is 9.92. The summed E-state index contributed by atoms with van der Waals surface area (Å²) in [7, 11) is 0. The van der Waals surface area contributed by atoms with Crippen LogP contribution in [0.3, 0.4) is 0 Å². The third-order valence-corrected chi connectivity index (χ3v) is 5.55. The van der Waals surface area contributed by atoms with Gasteiger partial charge in [-0.25, -0.2) is 0 Å². The van der Waals surface area contributed by atoms with E-state index in [9.17, 15) is 4.79 Å². The Bertz CT molecular complexity index is 1060. The van der Waals surface area contributed by atoms with Crippen molar-refractivity contribution in [2.45, 2.75) is 46.7 Å². The molecule has 0 aliphatic carbocycles. The summed E-state index contributed by atoms with van der Waals surface area (Å²) in [6, 6.07) is 8.05. The highest BCUT2D eigenvalue weighted by Crippen LogP contribution is 2.23. The quantitative estimate of drug-likeness (QED) is 0.735. The van der Waals surface area contributed by atoms with Gasteiger partial charge in [-0.05, 0) is 73.7 Å². The van der Waals surface area contributed by atoms with Crippen molar-refractivity contribution in [3.63, 3.8) is 0 Å².